The molecule has 0 radical (unpaired) electrons. The Hall–Kier alpha value is -3.39. The molecule has 180 valence electrons. The maximum Gasteiger partial charge on any atom is 0.407 e. The van der Waals surface area contributed by atoms with Gasteiger partial charge in [0.2, 0.25) is 5.91 Å². The number of hydrogen-bond acceptors (Lipinski definition) is 5. The van der Waals surface area contributed by atoms with Crippen LogP contribution in [0.4, 0.5) is 4.79 Å². The first-order valence-electron chi connectivity index (χ1n) is 11.5. The molecule has 2 amide bonds. The number of ether oxygens (including phenoxy) is 1. The van der Waals surface area contributed by atoms with Crippen LogP contribution in [0.2, 0.25) is 0 Å². The maximum absolute atomic E-state index is 13.1. The normalized spacial score (nSPS) is 19.5. The van der Waals surface area contributed by atoms with Gasteiger partial charge in [0.1, 0.15) is 12.6 Å². The van der Waals surface area contributed by atoms with Gasteiger partial charge in [-0.25, -0.2) is 4.79 Å². The molecule has 34 heavy (non-hydrogen) atoms. The second kappa shape index (κ2) is 9.85. The van der Waals surface area contributed by atoms with Crippen LogP contribution in [0.5, 0.6) is 0 Å². The molecule has 0 saturated heterocycles. The van der Waals surface area contributed by atoms with Gasteiger partial charge in [-0.15, -0.1) is 0 Å². The maximum atomic E-state index is 13.1. The molecule has 0 aromatic heterocycles. The summed E-state index contributed by atoms with van der Waals surface area (Å²) in [5.74, 6) is -1.57. The second-order valence-electron chi connectivity index (χ2n) is 9.39. The Bertz CT molecular complexity index is 1030. The second-order valence-corrected chi connectivity index (χ2v) is 9.39. The number of rotatable bonds is 8. The Kier molecular flexibility index (Phi) is 6.88. The minimum atomic E-state index is -0.835. The van der Waals surface area contributed by atoms with Crippen LogP contribution in [-0.4, -0.2) is 79.3 Å². The molecule has 2 aliphatic carbocycles. The van der Waals surface area contributed by atoms with E-state index in [2.05, 4.69) is 29.6 Å². The molecule has 1 saturated carbocycles. The molecule has 2 aromatic rings. The van der Waals surface area contributed by atoms with Gasteiger partial charge in [-0.2, -0.15) is 0 Å². The zero-order chi connectivity index (χ0) is 24.4. The first kappa shape index (κ1) is 23.8. The fourth-order valence-electron chi connectivity index (χ4n) is 4.86. The minimum absolute atomic E-state index is 0.0632. The number of carboxylic acids is 1. The van der Waals surface area contributed by atoms with Crippen molar-refractivity contribution in [3.63, 3.8) is 0 Å². The zero-order valence-electron chi connectivity index (χ0n) is 19.7. The molecule has 0 spiro atoms. The Morgan fingerprint density at radius 3 is 2.09 bits per heavy atom. The molecule has 2 aliphatic rings. The number of hydrogen-bond donors (Lipinski definition) is 2. The number of amides is 2. The quantitative estimate of drug-likeness (QED) is 0.622. The van der Waals surface area contributed by atoms with Crippen molar-refractivity contribution < 1.29 is 24.2 Å². The summed E-state index contributed by atoms with van der Waals surface area (Å²) >= 11 is 0. The van der Waals surface area contributed by atoms with E-state index in [1.165, 1.54) is 0 Å². The highest BCUT2D eigenvalue weighted by molar-refractivity contribution is 5.86. The van der Waals surface area contributed by atoms with E-state index < -0.39 is 24.0 Å². The fraction of sp³-hybridized carbons (Fsp3) is 0.423. The number of alkyl carbamates (subject to hydrolysis) is 1. The number of likely N-dealkylation sites (N-methyl/N-ethyl adjacent to an activating group) is 2. The largest absolute Gasteiger partial charge is 0.481 e. The summed E-state index contributed by atoms with van der Waals surface area (Å²) in [4.78, 5) is 40.3. The first-order valence-corrected chi connectivity index (χ1v) is 11.5. The number of benzene rings is 2. The van der Waals surface area contributed by atoms with Crippen LogP contribution in [0.15, 0.2) is 48.5 Å². The third kappa shape index (κ3) is 4.77. The van der Waals surface area contributed by atoms with E-state index in [0.717, 1.165) is 22.3 Å². The summed E-state index contributed by atoms with van der Waals surface area (Å²) < 4.78 is 5.61. The number of nitrogens with zero attached hydrogens (tertiary/aromatic N) is 2. The van der Waals surface area contributed by atoms with E-state index in [1.54, 1.807) is 11.9 Å². The van der Waals surface area contributed by atoms with Gasteiger partial charge >= 0.3 is 12.1 Å². The lowest BCUT2D eigenvalue weighted by Gasteiger charge is -2.40. The van der Waals surface area contributed by atoms with E-state index in [4.69, 9.17) is 9.84 Å². The van der Waals surface area contributed by atoms with Gasteiger partial charge in [-0.3, -0.25) is 9.59 Å². The number of carbonyl (C=O) groups is 3. The standard InChI is InChI=1S/C26H31N3O5/c1-28(2)14-23(24(30)29(3)17-12-16(13-17)25(31)32)27-26(33)34-15-22-20-10-6-4-8-18(20)19-9-5-7-11-21(19)22/h4-11,16-17,22-23H,12-15H2,1-3H3,(H,27,33)(H,31,32). The molecule has 2 aromatic carbocycles. The van der Waals surface area contributed by atoms with Crippen LogP contribution in [0.3, 0.4) is 0 Å². The van der Waals surface area contributed by atoms with Gasteiger partial charge in [0.15, 0.2) is 0 Å². The van der Waals surface area contributed by atoms with Crippen LogP contribution in [-0.2, 0) is 14.3 Å². The van der Waals surface area contributed by atoms with Gasteiger partial charge in [0, 0.05) is 25.6 Å². The van der Waals surface area contributed by atoms with Crippen molar-refractivity contribution in [2.45, 2.75) is 30.8 Å². The monoisotopic (exact) mass is 465 g/mol. The number of fused-ring (bicyclic) bond motifs is 3. The van der Waals surface area contributed by atoms with E-state index in [-0.39, 0.29) is 24.5 Å². The van der Waals surface area contributed by atoms with Gasteiger partial charge in [0.05, 0.1) is 5.92 Å². The van der Waals surface area contributed by atoms with Crippen molar-refractivity contribution >= 4 is 18.0 Å². The number of aliphatic carboxylic acids is 1. The highest BCUT2D eigenvalue weighted by Gasteiger charge is 2.40. The molecule has 4 rings (SSSR count). The van der Waals surface area contributed by atoms with Crippen molar-refractivity contribution in [3.8, 4) is 11.1 Å². The Labute approximate surface area is 199 Å². The lowest BCUT2D eigenvalue weighted by Crippen LogP contribution is -2.57. The molecule has 1 fully saturated rings. The molecule has 1 atom stereocenters. The summed E-state index contributed by atoms with van der Waals surface area (Å²) in [6, 6.07) is 15.3. The molecule has 1 unspecified atom stereocenters. The summed E-state index contributed by atoms with van der Waals surface area (Å²) in [7, 11) is 5.31. The van der Waals surface area contributed by atoms with Crippen molar-refractivity contribution in [3.05, 3.63) is 59.7 Å². The summed E-state index contributed by atoms with van der Waals surface area (Å²) in [6.45, 7) is 0.476. The number of carbonyl (C=O) groups excluding carboxylic acids is 2. The molecule has 0 aliphatic heterocycles. The molecule has 0 bridgehead atoms. The van der Waals surface area contributed by atoms with Crippen molar-refractivity contribution in [2.24, 2.45) is 5.92 Å². The van der Waals surface area contributed by atoms with Crippen molar-refractivity contribution in [1.82, 2.24) is 15.1 Å². The Morgan fingerprint density at radius 1 is 1.00 bits per heavy atom. The average Bonchev–Trinajstić information content (AvgIpc) is 3.09. The van der Waals surface area contributed by atoms with Crippen LogP contribution in [0.1, 0.15) is 29.9 Å². The van der Waals surface area contributed by atoms with Gasteiger partial charge < -0.3 is 25.0 Å². The summed E-state index contributed by atoms with van der Waals surface area (Å²) in [5, 5.41) is 11.8. The first-order chi connectivity index (χ1) is 16.3. The predicted octanol–water partition coefficient (Wildman–Crippen LogP) is 2.78. The smallest absolute Gasteiger partial charge is 0.407 e. The van der Waals surface area contributed by atoms with Gasteiger partial charge in [-0.05, 0) is 49.2 Å². The molecule has 2 N–H and O–H groups in total. The number of carboxylic acid groups (broad SMARTS) is 1. The highest BCUT2D eigenvalue weighted by atomic mass is 16.5. The molecule has 0 heterocycles. The molecular formula is C26H31N3O5. The van der Waals surface area contributed by atoms with Crippen LogP contribution in [0.25, 0.3) is 11.1 Å². The third-order valence-corrected chi connectivity index (χ3v) is 6.84. The molecule has 8 heteroatoms. The van der Waals surface area contributed by atoms with Gasteiger partial charge in [-0.1, -0.05) is 48.5 Å². The molecule has 8 nitrogen and oxygen atoms in total. The highest BCUT2D eigenvalue weighted by Crippen LogP contribution is 2.44. The molecular weight excluding hydrogens is 434 g/mol. The SMILES string of the molecule is CN(C)CC(NC(=O)OCC1c2ccccc2-c2ccccc21)C(=O)N(C)C1CC(C(=O)O)C1. The predicted molar refractivity (Wildman–Crippen MR) is 127 cm³/mol. The van der Waals surface area contributed by atoms with Gasteiger partial charge in [0.25, 0.3) is 0 Å². The van der Waals surface area contributed by atoms with E-state index in [0.29, 0.717) is 19.4 Å². The third-order valence-electron chi connectivity index (χ3n) is 6.84. The Morgan fingerprint density at radius 2 is 1.56 bits per heavy atom. The van der Waals surface area contributed by atoms with E-state index in [9.17, 15) is 14.4 Å². The fourth-order valence-corrected chi connectivity index (χ4v) is 4.86. The average molecular weight is 466 g/mol. The summed E-state index contributed by atoms with van der Waals surface area (Å²) in [5.41, 5.74) is 4.54. The van der Waals surface area contributed by atoms with E-state index >= 15 is 0 Å². The van der Waals surface area contributed by atoms with Crippen molar-refractivity contribution in [1.29, 1.82) is 0 Å². The van der Waals surface area contributed by atoms with Crippen LogP contribution >= 0.6 is 0 Å². The summed E-state index contributed by atoms with van der Waals surface area (Å²) in [6.07, 6.45) is 0.210. The van der Waals surface area contributed by atoms with Crippen LogP contribution in [0, 0.1) is 5.92 Å². The minimum Gasteiger partial charge on any atom is -0.481 e. The number of nitrogens with one attached hydrogen (secondary N) is 1. The lowest BCUT2D eigenvalue weighted by molar-refractivity contribution is -0.150. The van der Waals surface area contributed by atoms with E-state index in [1.807, 2.05) is 43.3 Å². The topological polar surface area (TPSA) is 99.2 Å². The van der Waals surface area contributed by atoms with Crippen molar-refractivity contribution in [2.75, 3.05) is 34.3 Å². The van der Waals surface area contributed by atoms with Crippen LogP contribution < -0.4 is 5.32 Å². The Balaban J connectivity index is 1.39. The lowest BCUT2D eigenvalue weighted by atomic mass is 9.79. The zero-order valence-corrected chi connectivity index (χ0v) is 19.7.